The maximum absolute atomic E-state index is 12.3. The van der Waals surface area contributed by atoms with Crippen LogP contribution in [0.25, 0.3) is 0 Å². The SMILES string of the molecule is COc1ccccc1NC(=O)[C@H](C)OC(=O)c1ccccc1SC. The number of carbonyl (C=O) groups excluding carboxylic acids is 2. The van der Waals surface area contributed by atoms with E-state index in [9.17, 15) is 9.59 Å². The third kappa shape index (κ3) is 4.29. The minimum atomic E-state index is -0.933. The van der Waals surface area contributed by atoms with Crippen molar-refractivity contribution < 1.29 is 19.1 Å². The van der Waals surface area contributed by atoms with E-state index in [2.05, 4.69) is 5.32 Å². The van der Waals surface area contributed by atoms with Crippen molar-refractivity contribution in [3.8, 4) is 5.75 Å². The number of carbonyl (C=O) groups is 2. The molecule has 0 spiro atoms. The van der Waals surface area contributed by atoms with Gasteiger partial charge in [-0.3, -0.25) is 4.79 Å². The zero-order valence-corrected chi connectivity index (χ0v) is 14.6. The molecule has 0 bridgehead atoms. The average Bonchev–Trinajstić information content (AvgIpc) is 2.61. The Bertz CT molecular complexity index is 732. The highest BCUT2D eigenvalue weighted by molar-refractivity contribution is 7.98. The zero-order valence-electron chi connectivity index (χ0n) is 13.7. The maximum Gasteiger partial charge on any atom is 0.340 e. The molecule has 0 saturated heterocycles. The molecular formula is C18H19NO4S. The van der Waals surface area contributed by atoms with Crippen LogP contribution < -0.4 is 10.1 Å². The summed E-state index contributed by atoms with van der Waals surface area (Å²) >= 11 is 1.45. The second-order valence-electron chi connectivity index (χ2n) is 4.94. The van der Waals surface area contributed by atoms with Gasteiger partial charge in [0.2, 0.25) is 0 Å². The number of rotatable bonds is 6. The maximum atomic E-state index is 12.3. The molecule has 2 aromatic rings. The molecule has 1 N–H and O–H groups in total. The summed E-state index contributed by atoms with van der Waals surface area (Å²) in [5.74, 6) is -0.408. The summed E-state index contributed by atoms with van der Waals surface area (Å²) in [6, 6.07) is 14.2. The van der Waals surface area contributed by atoms with E-state index in [0.717, 1.165) is 4.90 Å². The Kier molecular flexibility index (Phi) is 6.26. The summed E-state index contributed by atoms with van der Waals surface area (Å²) in [5, 5.41) is 2.70. The standard InChI is InChI=1S/C18H19NO4S/c1-12(17(20)19-14-9-5-6-10-15(14)22-2)23-18(21)13-8-4-7-11-16(13)24-3/h4-12H,1-3H3,(H,19,20)/t12-/m0/s1. The Morgan fingerprint density at radius 3 is 2.46 bits per heavy atom. The molecule has 0 aliphatic rings. The van der Waals surface area contributed by atoms with Crippen molar-refractivity contribution >= 4 is 29.3 Å². The summed E-state index contributed by atoms with van der Waals surface area (Å²) in [7, 11) is 1.52. The predicted molar refractivity (Wildman–Crippen MR) is 94.7 cm³/mol. The average molecular weight is 345 g/mol. The number of methoxy groups -OCH3 is 1. The zero-order chi connectivity index (χ0) is 17.5. The molecule has 24 heavy (non-hydrogen) atoms. The highest BCUT2D eigenvalue weighted by atomic mass is 32.2. The summed E-state index contributed by atoms with van der Waals surface area (Å²) in [5.41, 5.74) is 0.972. The molecule has 126 valence electrons. The molecule has 0 unspecified atom stereocenters. The van der Waals surface area contributed by atoms with Crippen LogP contribution in [-0.4, -0.2) is 31.3 Å². The molecule has 1 atom stereocenters. The third-order valence-corrected chi connectivity index (χ3v) is 4.14. The topological polar surface area (TPSA) is 64.6 Å². The molecule has 0 aromatic heterocycles. The molecule has 0 radical (unpaired) electrons. The molecule has 0 heterocycles. The smallest absolute Gasteiger partial charge is 0.340 e. The van der Waals surface area contributed by atoms with Crippen molar-refractivity contribution in [3.05, 3.63) is 54.1 Å². The molecule has 1 amide bonds. The lowest BCUT2D eigenvalue weighted by Gasteiger charge is -2.15. The molecule has 0 fully saturated rings. The predicted octanol–water partition coefficient (Wildman–Crippen LogP) is 3.60. The van der Waals surface area contributed by atoms with Crippen molar-refractivity contribution in [1.82, 2.24) is 0 Å². The van der Waals surface area contributed by atoms with Gasteiger partial charge in [0.25, 0.3) is 5.91 Å². The second kappa shape index (κ2) is 8.40. The summed E-state index contributed by atoms with van der Waals surface area (Å²) < 4.78 is 10.5. The van der Waals surface area contributed by atoms with Gasteiger partial charge in [-0.1, -0.05) is 24.3 Å². The fraction of sp³-hybridized carbons (Fsp3) is 0.222. The van der Waals surface area contributed by atoms with Crippen LogP contribution in [0, 0.1) is 0 Å². The van der Waals surface area contributed by atoms with Crippen LogP contribution in [0.3, 0.4) is 0 Å². The molecular weight excluding hydrogens is 326 g/mol. The highest BCUT2D eigenvalue weighted by Crippen LogP contribution is 2.24. The van der Waals surface area contributed by atoms with Crippen molar-refractivity contribution in [1.29, 1.82) is 0 Å². The van der Waals surface area contributed by atoms with Crippen LogP contribution in [0.4, 0.5) is 5.69 Å². The van der Waals surface area contributed by atoms with Gasteiger partial charge in [0.15, 0.2) is 6.10 Å². The lowest BCUT2D eigenvalue weighted by molar-refractivity contribution is -0.123. The van der Waals surface area contributed by atoms with Gasteiger partial charge >= 0.3 is 5.97 Å². The number of ether oxygens (including phenoxy) is 2. The normalized spacial score (nSPS) is 11.5. The summed E-state index contributed by atoms with van der Waals surface area (Å²) in [6.45, 7) is 1.53. The number of hydrogen-bond acceptors (Lipinski definition) is 5. The van der Waals surface area contributed by atoms with E-state index in [-0.39, 0.29) is 0 Å². The van der Waals surface area contributed by atoms with Crippen LogP contribution in [0.15, 0.2) is 53.4 Å². The lowest BCUT2D eigenvalue weighted by atomic mass is 10.2. The number of nitrogens with one attached hydrogen (secondary N) is 1. The van der Waals surface area contributed by atoms with Crippen molar-refractivity contribution in [2.75, 3.05) is 18.7 Å². The minimum absolute atomic E-state index is 0.422. The molecule has 5 nitrogen and oxygen atoms in total. The van der Waals surface area contributed by atoms with Gasteiger partial charge in [-0.25, -0.2) is 4.79 Å². The van der Waals surface area contributed by atoms with Gasteiger partial charge in [-0.15, -0.1) is 11.8 Å². The Morgan fingerprint density at radius 1 is 1.08 bits per heavy atom. The number of benzene rings is 2. The fourth-order valence-corrected chi connectivity index (χ4v) is 2.66. The molecule has 0 aliphatic heterocycles. The lowest BCUT2D eigenvalue weighted by Crippen LogP contribution is -2.30. The van der Waals surface area contributed by atoms with E-state index in [4.69, 9.17) is 9.47 Å². The van der Waals surface area contributed by atoms with E-state index in [1.807, 2.05) is 18.4 Å². The van der Waals surface area contributed by atoms with Crippen LogP contribution in [-0.2, 0) is 9.53 Å². The molecule has 0 saturated carbocycles. The molecule has 2 aromatic carbocycles. The number of para-hydroxylation sites is 2. The van der Waals surface area contributed by atoms with Crippen LogP contribution in [0.2, 0.25) is 0 Å². The molecule has 0 aliphatic carbocycles. The van der Waals surface area contributed by atoms with E-state index in [1.54, 1.807) is 36.4 Å². The highest BCUT2D eigenvalue weighted by Gasteiger charge is 2.21. The van der Waals surface area contributed by atoms with Crippen molar-refractivity contribution in [2.24, 2.45) is 0 Å². The number of hydrogen-bond donors (Lipinski definition) is 1. The number of thioether (sulfide) groups is 1. The number of amides is 1. The summed E-state index contributed by atoms with van der Waals surface area (Å²) in [4.78, 5) is 25.3. The van der Waals surface area contributed by atoms with E-state index in [0.29, 0.717) is 17.0 Å². The van der Waals surface area contributed by atoms with Gasteiger partial charge in [0.1, 0.15) is 5.75 Å². The van der Waals surface area contributed by atoms with Gasteiger partial charge in [-0.05, 0) is 37.4 Å². The molecule has 6 heteroatoms. The third-order valence-electron chi connectivity index (χ3n) is 3.34. The first kappa shape index (κ1) is 17.9. The minimum Gasteiger partial charge on any atom is -0.495 e. The van der Waals surface area contributed by atoms with Crippen LogP contribution in [0.5, 0.6) is 5.75 Å². The Balaban J connectivity index is 2.05. The van der Waals surface area contributed by atoms with Crippen LogP contribution >= 0.6 is 11.8 Å². The first-order valence-corrected chi connectivity index (χ1v) is 8.57. The van der Waals surface area contributed by atoms with E-state index >= 15 is 0 Å². The summed E-state index contributed by atoms with van der Waals surface area (Å²) in [6.07, 6.45) is 0.946. The largest absolute Gasteiger partial charge is 0.495 e. The van der Waals surface area contributed by atoms with E-state index in [1.165, 1.54) is 25.8 Å². The van der Waals surface area contributed by atoms with Gasteiger partial charge in [0, 0.05) is 4.90 Å². The Morgan fingerprint density at radius 2 is 1.75 bits per heavy atom. The van der Waals surface area contributed by atoms with Crippen molar-refractivity contribution in [2.45, 2.75) is 17.9 Å². The van der Waals surface area contributed by atoms with Crippen LogP contribution in [0.1, 0.15) is 17.3 Å². The fourth-order valence-electron chi connectivity index (χ4n) is 2.07. The number of anilines is 1. The first-order valence-electron chi connectivity index (χ1n) is 7.34. The monoisotopic (exact) mass is 345 g/mol. The Hall–Kier alpha value is -2.47. The van der Waals surface area contributed by atoms with Gasteiger partial charge in [0.05, 0.1) is 18.4 Å². The van der Waals surface area contributed by atoms with Crippen molar-refractivity contribution in [3.63, 3.8) is 0 Å². The first-order chi connectivity index (χ1) is 11.6. The molecule has 2 rings (SSSR count). The van der Waals surface area contributed by atoms with Gasteiger partial charge < -0.3 is 14.8 Å². The Labute approximate surface area is 145 Å². The van der Waals surface area contributed by atoms with E-state index < -0.39 is 18.0 Å². The van der Waals surface area contributed by atoms with Gasteiger partial charge in [-0.2, -0.15) is 0 Å². The second-order valence-corrected chi connectivity index (χ2v) is 5.79. The quantitative estimate of drug-likeness (QED) is 0.640. The number of esters is 1.